The Morgan fingerprint density at radius 3 is 0.867 bits per heavy atom. The topological polar surface area (TPSA) is 159 Å². The van der Waals surface area contributed by atoms with Gasteiger partial charge in [-0.1, -0.05) is 108 Å². The summed E-state index contributed by atoms with van der Waals surface area (Å²) in [6.45, 7) is 14.3. The van der Waals surface area contributed by atoms with Gasteiger partial charge in [0.25, 0.3) is 6.08 Å². The summed E-state index contributed by atoms with van der Waals surface area (Å²) in [6.07, 6.45) is -27.1. The highest BCUT2D eigenvalue weighted by Gasteiger charge is 2.62. The SMILES string of the molecule is C=C1CC(CO[C@H](C)c2cc(C(F)(F)F)cc(C(F)(F)F)c2)(c2ccccc2)C1.CCOCC.C[C@@H](OCC1(c2ccccc2)CC2(CC(=O)N2)C1)c1cc(C(F)(F)F)cc(C(F)(F)F)c1.C[C@@H](OCC1(c2ccccc2)CC2(CC(=O)N2)C1)c1cc(C(F)(F)F)cc(C(F)(F)F)c1.O=C=NS(=O)(=O)Cl. The van der Waals surface area contributed by atoms with E-state index >= 15 is 0 Å². The van der Waals surface area contributed by atoms with Crippen molar-refractivity contribution in [2.24, 2.45) is 4.40 Å². The van der Waals surface area contributed by atoms with Gasteiger partial charge >= 0.3 is 46.3 Å². The van der Waals surface area contributed by atoms with Gasteiger partial charge in [-0.15, -0.1) is 0 Å². The molecule has 2 amide bonds. The first-order valence-electron chi connectivity index (χ1n) is 32.3. The lowest BCUT2D eigenvalue weighted by Crippen LogP contribution is -2.72. The Balaban J connectivity index is 0.000000204. The van der Waals surface area contributed by atoms with Gasteiger partial charge in [0.05, 0.1) is 82.6 Å². The normalized spacial score (nSPS) is 22.0. The van der Waals surface area contributed by atoms with Crippen LogP contribution in [0.15, 0.2) is 162 Å². The summed E-state index contributed by atoms with van der Waals surface area (Å²) >= 11 is 0. The van der Waals surface area contributed by atoms with Crippen LogP contribution in [0.5, 0.6) is 0 Å². The van der Waals surface area contributed by atoms with Crippen LogP contribution in [0.4, 0.5) is 79.0 Å². The smallest absolute Gasteiger partial charge is 0.382 e. The highest BCUT2D eigenvalue weighted by atomic mass is 35.7. The maximum atomic E-state index is 13.2. The van der Waals surface area contributed by atoms with E-state index in [9.17, 15) is 97.0 Å². The van der Waals surface area contributed by atoms with Gasteiger partial charge in [-0.2, -0.15) is 87.4 Å². The molecule has 0 unspecified atom stereocenters. The molecule has 2 spiro atoms. The predicted molar refractivity (Wildman–Crippen MR) is 350 cm³/mol. The molecule has 2 saturated heterocycles. The molecule has 3 saturated carbocycles. The van der Waals surface area contributed by atoms with Crippen molar-refractivity contribution in [1.29, 1.82) is 0 Å². The summed E-state index contributed by atoms with van der Waals surface area (Å²) in [5.74, 6) is -0.0748. The Bertz CT molecular complexity index is 3860. The highest BCUT2D eigenvalue weighted by molar-refractivity contribution is 8.12. The molecule has 32 heteroatoms. The Hall–Kier alpha value is -7.80. The molecule has 2 N–H and O–H groups in total. The van der Waals surface area contributed by atoms with Crippen molar-refractivity contribution in [1.82, 2.24) is 10.6 Å². The maximum absolute atomic E-state index is 13.2. The number of ether oxygens (including phenoxy) is 4. The monoisotopic (exact) mass is 1540 g/mol. The van der Waals surface area contributed by atoms with E-state index in [1.165, 1.54) is 20.8 Å². The number of amides is 2. The number of nitrogens with zero attached hydrogens (tertiary/aromatic N) is 1. The number of halogens is 19. The maximum Gasteiger partial charge on any atom is 0.416 e. The average Bonchev–Trinajstić information content (AvgIpc) is 0.664. The Kier molecular flexibility index (Phi) is 26.3. The predicted octanol–water partition coefficient (Wildman–Crippen LogP) is 19.5. The fraction of sp³-hybridized carbons (Fsp3) is 0.438. The first kappa shape index (κ1) is 84.5. The fourth-order valence-corrected chi connectivity index (χ4v) is 13.7. The van der Waals surface area contributed by atoms with E-state index in [0.29, 0.717) is 75.6 Å². The van der Waals surface area contributed by atoms with Gasteiger partial charge in [-0.05, 0) is 161 Å². The molecule has 0 bridgehead atoms. The van der Waals surface area contributed by atoms with E-state index in [-0.39, 0.29) is 83.0 Å². The van der Waals surface area contributed by atoms with E-state index in [0.717, 1.165) is 53.7 Å². The van der Waals surface area contributed by atoms with Crippen molar-refractivity contribution in [3.8, 4) is 0 Å². The highest BCUT2D eigenvalue weighted by Crippen LogP contribution is 2.57. The average molecular weight is 1540 g/mol. The summed E-state index contributed by atoms with van der Waals surface area (Å²) in [5.41, 5.74) is -6.65. The van der Waals surface area contributed by atoms with E-state index in [2.05, 4.69) is 32.3 Å². The standard InChI is InChI=1S/2C23H21F6NO2.C22H20F6O.C4H10O.CClNO3S/c2*1-14(15-7-17(22(24,25)26)9-18(8-15)23(27,28)29)32-13-20(16-5-3-2-4-6-16)11-21(12-20)10-19(31)30-21;1-14-11-20(12-14,17-6-4-3-5-7-17)13-29-15(2)16-8-18(21(23,24)25)10-19(9-16)22(26,27)28;1-3-5-4-2;2-7(5,6)3-1-4/h2*2-9,14H,10-13H2,1H3,(H,30,31);3-10,15H,1,11-13H2,2H3;3-4H2,1-2H3;/t2*14-,20?,21?;15-;;/m111../s1. The van der Waals surface area contributed by atoms with Gasteiger partial charge in [-0.25, -0.2) is 4.79 Å². The molecule has 0 aromatic heterocycles. The number of nitrogens with one attached hydrogen (secondary N) is 2. The number of isocyanates is 1. The largest absolute Gasteiger partial charge is 0.416 e. The van der Waals surface area contributed by atoms with Crippen LogP contribution in [-0.2, 0) is 95.9 Å². The summed E-state index contributed by atoms with van der Waals surface area (Å²) in [6, 6.07) is 32.8. The Labute approximate surface area is 597 Å². The molecule has 6 aromatic rings. The van der Waals surface area contributed by atoms with Crippen molar-refractivity contribution < 1.29 is 121 Å². The summed E-state index contributed by atoms with van der Waals surface area (Å²) in [7, 11) is 0.376. The lowest BCUT2D eigenvalue weighted by atomic mass is 9.51. The number of carbonyl (C=O) groups is 2. The van der Waals surface area contributed by atoms with Crippen LogP contribution in [0.2, 0.25) is 0 Å². The molecule has 2 heterocycles. The van der Waals surface area contributed by atoms with Crippen LogP contribution in [0.3, 0.4) is 0 Å². The number of rotatable bonds is 18. The van der Waals surface area contributed by atoms with Crippen LogP contribution >= 0.6 is 10.7 Å². The third-order valence-corrected chi connectivity index (χ3v) is 19.0. The number of carbonyl (C=O) groups excluding carboxylic acids is 3. The van der Waals surface area contributed by atoms with E-state index in [1.54, 1.807) is 0 Å². The third kappa shape index (κ3) is 22.2. The number of allylic oxidation sites excluding steroid dienone is 1. The lowest BCUT2D eigenvalue weighted by molar-refractivity contribution is -0.145. The zero-order valence-electron chi connectivity index (χ0n) is 56.7. The third-order valence-electron chi connectivity index (χ3n) is 18.5. The quantitative estimate of drug-likeness (QED) is 0.0213. The Morgan fingerprint density at radius 1 is 0.448 bits per heavy atom. The molecule has 6 aromatic carbocycles. The van der Waals surface area contributed by atoms with E-state index in [1.807, 2.05) is 105 Å². The second-order valence-electron chi connectivity index (χ2n) is 26.5. The van der Waals surface area contributed by atoms with Crippen molar-refractivity contribution in [3.63, 3.8) is 0 Å². The number of alkyl halides is 18. The molecule has 3 aliphatic carbocycles. The second-order valence-corrected chi connectivity index (χ2v) is 28.7. The molecule has 11 rings (SSSR count). The first-order valence-corrected chi connectivity index (χ1v) is 34.6. The summed E-state index contributed by atoms with van der Waals surface area (Å²) in [5, 5.41) is 5.81. The molecule has 0 radical (unpaired) electrons. The molecule has 3 atom stereocenters. The molecule has 572 valence electrons. The molecule has 12 nitrogen and oxygen atoms in total. The Morgan fingerprint density at radius 2 is 0.686 bits per heavy atom. The van der Waals surface area contributed by atoms with Crippen LogP contribution < -0.4 is 10.6 Å². The van der Waals surface area contributed by atoms with Gasteiger partial charge in [0.1, 0.15) is 0 Å². The minimum Gasteiger partial charge on any atom is -0.382 e. The van der Waals surface area contributed by atoms with Crippen LogP contribution in [0, 0.1) is 0 Å². The molecular formula is C73H72ClF18N3O9S. The molecule has 2 aliphatic heterocycles. The summed E-state index contributed by atoms with van der Waals surface area (Å²) in [4.78, 5) is 31.9. The summed E-state index contributed by atoms with van der Waals surface area (Å²) < 4.78 is 280. The minimum atomic E-state index is -4.91. The van der Waals surface area contributed by atoms with Crippen LogP contribution in [-0.4, -0.2) is 70.4 Å². The van der Waals surface area contributed by atoms with E-state index in [4.69, 9.17) is 23.7 Å². The number of hydrogen-bond donors (Lipinski definition) is 2. The van der Waals surface area contributed by atoms with Crippen LogP contribution in [0.1, 0.15) is 171 Å². The minimum absolute atomic E-state index is 0.0374. The molecule has 5 aliphatic rings. The molecule has 5 fully saturated rings. The van der Waals surface area contributed by atoms with Gasteiger partial charge in [-0.3, -0.25) is 9.59 Å². The van der Waals surface area contributed by atoms with Crippen molar-refractivity contribution in [3.05, 3.63) is 225 Å². The van der Waals surface area contributed by atoms with E-state index < -0.39 is 109 Å². The second kappa shape index (κ2) is 32.7. The van der Waals surface area contributed by atoms with Crippen molar-refractivity contribution >= 4 is 37.8 Å². The fourth-order valence-electron chi connectivity index (χ4n) is 13.6. The van der Waals surface area contributed by atoms with Gasteiger partial charge in [0.15, 0.2) is 0 Å². The van der Waals surface area contributed by atoms with Crippen LogP contribution in [0.25, 0.3) is 0 Å². The van der Waals surface area contributed by atoms with Crippen molar-refractivity contribution in [2.45, 2.75) is 169 Å². The number of benzene rings is 6. The number of β-lactam (4-membered cyclic amide) rings is 2. The molecule has 105 heavy (non-hydrogen) atoms. The lowest BCUT2D eigenvalue weighted by Gasteiger charge is -2.60. The van der Waals surface area contributed by atoms with Gasteiger partial charge in [0, 0.05) is 53.0 Å². The first-order chi connectivity index (χ1) is 48.5. The number of hydrogen-bond acceptors (Lipinski definition) is 9. The zero-order chi connectivity index (χ0) is 78.2. The van der Waals surface area contributed by atoms with Crippen molar-refractivity contribution in [2.75, 3.05) is 33.0 Å². The zero-order valence-corrected chi connectivity index (χ0v) is 58.3. The van der Waals surface area contributed by atoms with Gasteiger partial charge in [0.2, 0.25) is 11.8 Å². The molecular weight excluding hydrogens is 1470 g/mol. The van der Waals surface area contributed by atoms with Gasteiger partial charge < -0.3 is 29.6 Å².